The van der Waals surface area contributed by atoms with Gasteiger partial charge in [0.15, 0.2) is 11.6 Å². The summed E-state index contributed by atoms with van der Waals surface area (Å²) in [4.78, 5) is 10.4. The number of hydrogen-bond donors (Lipinski definition) is 2. The fourth-order valence-corrected chi connectivity index (χ4v) is 1.46. The van der Waals surface area contributed by atoms with Gasteiger partial charge in [0.05, 0.1) is 12.2 Å². The van der Waals surface area contributed by atoms with Gasteiger partial charge in [0.25, 0.3) is 0 Å². The third kappa shape index (κ3) is 1.76. The van der Waals surface area contributed by atoms with Crippen molar-refractivity contribution in [2.24, 2.45) is 0 Å². The van der Waals surface area contributed by atoms with Crippen molar-refractivity contribution in [2.45, 2.75) is 6.61 Å². The van der Waals surface area contributed by atoms with Crippen molar-refractivity contribution < 1.29 is 23.8 Å². The molecule has 14 heavy (non-hydrogen) atoms. The average Bonchev–Trinajstić information content (AvgIpc) is 2.12. The molecule has 1 aromatic rings. The molecule has 0 saturated carbocycles. The molecule has 1 rings (SSSR count). The lowest BCUT2D eigenvalue weighted by Gasteiger charge is -2.06. The molecule has 0 aliphatic heterocycles. The van der Waals surface area contributed by atoms with Crippen LogP contribution in [0.2, 0.25) is 0 Å². The van der Waals surface area contributed by atoms with Crippen LogP contribution in [0.15, 0.2) is 10.5 Å². The van der Waals surface area contributed by atoms with Crippen LogP contribution in [0.3, 0.4) is 0 Å². The number of benzene rings is 1. The van der Waals surface area contributed by atoms with Crippen LogP contribution in [0, 0.1) is 11.6 Å². The van der Waals surface area contributed by atoms with Crippen LogP contribution < -0.4 is 0 Å². The van der Waals surface area contributed by atoms with Crippen molar-refractivity contribution in [2.75, 3.05) is 0 Å². The summed E-state index contributed by atoms with van der Waals surface area (Å²) in [6, 6.07) is 0.909. The first kappa shape index (κ1) is 11.1. The number of rotatable bonds is 2. The minimum Gasteiger partial charge on any atom is -0.478 e. The number of hydrogen-bond acceptors (Lipinski definition) is 2. The zero-order valence-corrected chi connectivity index (χ0v) is 8.31. The van der Waals surface area contributed by atoms with Crippen LogP contribution in [0.5, 0.6) is 0 Å². The Kier molecular flexibility index (Phi) is 3.17. The summed E-state index contributed by atoms with van der Waals surface area (Å²) in [6.07, 6.45) is 0. The number of carbonyl (C=O) groups is 1. The smallest absolute Gasteiger partial charge is 0.338 e. The number of aliphatic hydroxyl groups is 1. The maximum atomic E-state index is 13.1. The van der Waals surface area contributed by atoms with Crippen molar-refractivity contribution >= 4 is 21.9 Å². The maximum absolute atomic E-state index is 13.1. The number of aromatic carboxylic acids is 1. The third-order valence-electron chi connectivity index (χ3n) is 1.64. The van der Waals surface area contributed by atoms with Gasteiger partial charge in [0.2, 0.25) is 0 Å². The van der Waals surface area contributed by atoms with E-state index in [1.165, 1.54) is 0 Å². The molecule has 6 heteroatoms. The summed E-state index contributed by atoms with van der Waals surface area (Å²) in [5.41, 5.74) is -1.07. The van der Waals surface area contributed by atoms with Crippen molar-refractivity contribution in [1.82, 2.24) is 0 Å². The Morgan fingerprint density at radius 1 is 1.43 bits per heavy atom. The highest BCUT2D eigenvalue weighted by molar-refractivity contribution is 9.10. The van der Waals surface area contributed by atoms with E-state index in [2.05, 4.69) is 15.9 Å². The molecule has 0 aromatic heterocycles. The summed E-state index contributed by atoms with van der Waals surface area (Å²) < 4.78 is 26.1. The molecule has 0 atom stereocenters. The van der Waals surface area contributed by atoms with Crippen molar-refractivity contribution in [1.29, 1.82) is 0 Å². The molecule has 0 bridgehead atoms. The van der Waals surface area contributed by atoms with Gasteiger partial charge in [-0.15, -0.1) is 0 Å². The monoisotopic (exact) mass is 266 g/mol. The molecular formula is C8H5BrF2O3. The van der Waals surface area contributed by atoms with Gasteiger partial charge in [-0.25, -0.2) is 13.6 Å². The largest absolute Gasteiger partial charge is 0.478 e. The fourth-order valence-electron chi connectivity index (χ4n) is 0.933. The predicted octanol–water partition coefficient (Wildman–Crippen LogP) is 1.92. The highest BCUT2D eigenvalue weighted by atomic mass is 79.9. The molecule has 0 saturated heterocycles. The molecule has 0 radical (unpaired) electrons. The van der Waals surface area contributed by atoms with E-state index in [4.69, 9.17) is 10.2 Å². The van der Waals surface area contributed by atoms with Gasteiger partial charge in [0.1, 0.15) is 0 Å². The molecule has 0 unspecified atom stereocenters. The first-order chi connectivity index (χ1) is 6.49. The van der Waals surface area contributed by atoms with Gasteiger partial charge in [-0.05, 0) is 6.07 Å². The molecule has 0 amide bonds. The molecule has 3 nitrogen and oxygen atoms in total. The quantitative estimate of drug-likeness (QED) is 0.805. The molecule has 1 aromatic carbocycles. The summed E-state index contributed by atoms with van der Waals surface area (Å²) in [6.45, 7) is -0.705. The summed E-state index contributed by atoms with van der Waals surface area (Å²) >= 11 is 2.83. The van der Waals surface area contributed by atoms with E-state index >= 15 is 0 Å². The number of aliphatic hydroxyl groups excluding tert-OH is 1. The summed E-state index contributed by atoms with van der Waals surface area (Å²) in [5, 5.41) is 17.2. The van der Waals surface area contributed by atoms with Gasteiger partial charge in [0, 0.05) is 10.0 Å². The van der Waals surface area contributed by atoms with Crippen LogP contribution in [-0.4, -0.2) is 16.2 Å². The van der Waals surface area contributed by atoms with Crippen molar-refractivity contribution in [3.63, 3.8) is 0 Å². The van der Waals surface area contributed by atoms with Crippen LogP contribution in [0.1, 0.15) is 15.9 Å². The van der Waals surface area contributed by atoms with Crippen LogP contribution in [0.4, 0.5) is 8.78 Å². The van der Waals surface area contributed by atoms with E-state index in [-0.39, 0.29) is 10.0 Å². The van der Waals surface area contributed by atoms with Gasteiger partial charge >= 0.3 is 5.97 Å². The lowest BCUT2D eigenvalue weighted by Crippen LogP contribution is -2.06. The summed E-state index contributed by atoms with van der Waals surface area (Å²) in [5.74, 6) is -4.38. The van der Waals surface area contributed by atoms with Gasteiger partial charge in [-0.2, -0.15) is 0 Å². The summed E-state index contributed by atoms with van der Waals surface area (Å²) in [7, 11) is 0. The fraction of sp³-hybridized carbons (Fsp3) is 0.125. The van der Waals surface area contributed by atoms with Gasteiger partial charge in [-0.3, -0.25) is 0 Å². The van der Waals surface area contributed by atoms with Crippen molar-refractivity contribution in [3.8, 4) is 0 Å². The van der Waals surface area contributed by atoms with E-state index in [1.807, 2.05) is 0 Å². The molecular weight excluding hydrogens is 262 g/mol. The Morgan fingerprint density at radius 2 is 2.00 bits per heavy atom. The number of carboxylic acid groups (broad SMARTS) is 1. The number of carboxylic acids is 1. The Balaban J connectivity index is 3.47. The third-order valence-corrected chi connectivity index (χ3v) is 2.35. The molecule has 0 fully saturated rings. The minimum atomic E-state index is -1.56. The molecule has 2 N–H and O–H groups in total. The Bertz CT molecular complexity index is 393. The van der Waals surface area contributed by atoms with E-state index in [0.29, 0.717) is 0 Å². The Morgan fingerprint density at radius 3 is 2.43 bits per heavy atom. The SMILES string of the molecule is O=C(O)c1cc(Br)c(CO)c(F)c1F. The lowest BCUT2D eigenvalue weighted by atomic mass is 10.1. The lowest BCUT2D eigenvalue weighted by molar-refractivity contribution is 0.0690. The van der Waals surface area contributed by atoms with Crippen LogP contribution in [0.25, 0.3) is 0 Å². The highest BCUT2D eigenvalue weighted by Gasteiger charge is 2.20. The predicted molar refractivity (Wildman–Crippen MR) is 46.9 cm³/mol. The van der Waals surface area contributed by atoms with Crippen LogP contribution in [-0.2, 0) is 6.61 Å². The normalized spacial score (nSPS) is 10.3. The van der Waals surface area contributed by atoms with Gasteiger partial charge in [-0.1, -0.05) is 15.9 Å². The molecule has 0 aliphatic carbocycles. The van der Waals surface area contributed by atoms with E-state index in [1.54, 1.807) is 0 Å². The second-order valence-electron chi connectivity index (χ2n) is 2.48. The van der Waals surface area contributed by atoms with E-state index in [9.17, 15) is 13.6 Å². The standard InChI is InChI=1S/C8H5BrF2O3/c9-5-1-3(8(13)14)6(10)7(11)4(5)2-12/h1,12H,2H2,(H,13,14). The molecule has 0 spiro atoms. The molecule has 76 valence electrons. The van der Waals surface area contributed by atoms with Crippen LogP contribution >= 0.6 is 15.9 Å². The van der Waals surface area contributed by atoms with E-state index < -0.39 is 29.8 Å². The highest BCUT2D eigenvalue weighted by Crippen LogP contribution is 2.25. The minimum absolute atomic E-state index is 0.0244. The maximum Gasteiger partial charge on any atom is 0.338 e. The zero-order chi connectivity index (χ0) is 10.9. The zero-order valence-electron chi connectivity index (χ0n) is 6.72. The topological polar surface area (TPSA) is 57.5 Å². The van der Waals surface area contributed by atoms with E-state index in [0.717, 1.165) is 6.07 Å². The number of halogens is 3. The van der Waals surface area contributed by atoms with Crippen molar-refractivity contribution in [3.05, 3.63) is 33.3 Å². The average molecular weight is 267 g/mol. The van der Waals surface area contributed by atoms with Gasteiger partial charge < -0.3 is 10.2 Å². The molecule has 0 heterocycles. The Hall–Kier alpha value is -1.01. The first-order valence-corrected chi connectivity index (χ1v) is 4.28. The second-order valence-corrected chi connectivity index (χ2v) is 3.33. The Labute approximate surface area is 86.1 Å². The second kappa shape index (κ2) is 4.02. The molecule has 0 aliphatic rings. The first-order valence-electron chi connectivity index (χ1n) is 3.49.